The molecule has 11 N–H and O–H groups in total. The summed E-state index contributed by atoms with van der Waals surface area (Å²) >= 11 is 0. The Kier molecular flexibility index (Phi) is 11.1. The SMILES string of the molecule is CC(N)CC(C#N)OPC(OCC1OC(NC(=O)/C(N)=C(\N)C(=N)C#N)C(O)C1O)C(=O)O. The first-order valence-electron chi connectivity index (χ1n) is 9.40. The second kappa shape index (κ2) is 13.0. The van der Waals surface area contributed by atoms with Gasteiger partial charge in [0.05, 0.1) is 27.2 Å². The fraction of sp³-hybridized carbons (Fsp3) is 0.588. The van der Waals surface area contributed by atoms with Crippen molar-refractivity contribution in [3.8, 4) is 12.1 Å². The Hall–Kier alpha value is -2.88. The van der Waals surface area contributed by atoms with E-state index in [-0.39, 0.29) is 12.5 Å². The Morgan fingerprint density at radius 2 is 1.91 bits per heavy atom. The average molecular weight is 487 g/mol. The summed E-state index contributed by atoms with van der Waals surface area (Å²) in [6, 6.07) is 2.92. The zero-order valence-corrected chi connectivity index (χ0v) is 18.5. The number of carbonyl (C=O) groups excluding carboxylic acids is 1. The van der Waals surface area contributed by atoms with Gasteiger partial charge in [0.25, 0.3) is 5.91 Å². The molecule has 33 heavy (non-hydrogen) atoms. The fourth-order valence-electron chi connectivity index (χ4n) is 2.49. The van der Waals surface area contributed by atoms with E-state index in [1.165, 1.54) is 6.07 Å². The van der Waals surface area contributed by atoms with Gasteiger partial charge in [0.1, 0.15) is 36.2 Å². The number of nitrogens with two attached hydrogens (primary N) is 3. The van der Waals surface area contributed by atoms with Crippen molar-refractivity contribution < 1.29 is 38.9 Å². The summed E-state index contributed by atoms with van der Waals surface area (Å²) in [4.78, 5) is 23.5. The van der Waals surface area contributed by atoms with Gasteiger partial charge in [0, 0.05) is 12.5 Å². The molecular weight excluding hydrogens is 461 g/mol. The zero-order chi connectivity index (χ0) is 25.3. The van der Waals surface area contributed by atoms with Gasteiger partial charge in [-0.25, -0.2) is 4.79 Å². The van der Waals surface area contributed by atoms with E-state index < -0.39 is 80.9 Å². The number of ether oxygens (including phenoxy) is 2. The third kappa shape index (κ3) is 8.20. The van der Waals surface area contributed by atoms with Crippen LogP contribution in [0.2, 0.25) is 0 Å². The summed E-state index contributed by atoms with van der Waals surface area (Å²) in [6.07, 6.45) is -6.67. The van der Waals surface area contributed by atoms with E-state index >= 15 is 0 Å². The summed E-state index contributed by atoms with van der Waals surface area (Å²) < 4.78 is 15.8. The normalized spacial score (nSPS) is 26.0. The number of aliphatic carboxylic acids is 1. The second-order valence-corrected chi connectivity index (χ2v) is 7.98. The van der Waals surface area contributed by atoms with Gasteiger partial charge in [0.15, 0.2) is 17.8 Å². The summed E-state index contributed by atoms with van der Waals surface area (Å²) in [5.74, 6) is -3.96. The van der Waals surface area contributed by atoms with Crippen LogP contribution >= 0.6 is 8.81 Å². The van der Waals surface area contributed by atoms with Crippen LogP contribution in [0.25, 0.3) is 0 Å². The molecule has 1 aliphatic rings. The summed E-state index contributed by atoms with van der Waals surface area (Å²) in [5, 5.41) is 56.6. The van der Waals surface area contributed by atoms with Crippen molar-refractivity contribution in [2.45, 2.75) is 55.9 Å². The van der Waals surface area contributed by atoms with Crippen LogP contribution < -0.4 is 22.5 Å². The van der Waals surface area contributed by atoms with E-state index in [9.17, 15) is 24.9 Å². The van der Waals surface area contributed by atoms with Crippen molar-refractivity contribution in [3.63, 3.8) is 0 Å². The highest BCUT2D eigenvalue weighted by molar-refractivity contribution is 7.34. The van der Waals surface area contributed by atoms with Crippen LogP contribution in [-0.2, 0) is 23.6 Å². The third-order valence-corrected chi connectivity index (χ3v) is 5.30. The predicted molar refractivity (Wildman–Crippen MR) is 112 cm³/mol. The molecule has 182 valence electrons. The monoisotopic (exact) mass is 487 g/mol. The molecule has 1 amide bonds. The quantitative estimate of drug-likeness (QED) is 0.0769. The molecule has 0 spiro atoms. The van der Waals surface area contributed by atoms with E-state index in [1.807, 2.05) is 6.07 Å². The van der Waals surface area contributed by atoms with Gasteiger partial charge >= 0.3 is 5.97 Å². The van der Waals surface area contributed by atoms with Crippen LogP contribution in [0, 0.1) is 28.1 Å². The Bertz CT molecular complexity index is 855. The van der Waals surface area contributed by atoms with E-state index in [0.29, 0.717) is 0 Å². The Labute approximate surface area is 190 Å². The highest BCUT2D eigenvalue weighted by Gasteiger charge is 2.44. The lowest BCUT2D eigenvalue weighted by Crippen LogP contribution is -2.46. The molecule has 8 atom stereocenters. The lowest BCUT2D eigenvalue weighted by Gasteiger charge is -2.20. The van der Waals surface area contributed by atoms with Crippen LogP contribution in [-0.4, -0.2) is 82.0 Å². The van der Waals surface area contributed by atoms with Gasteiger partial charge < -0.3 is 51.8 Å². The number of nitriles is 2. The minimum Gasteiger partial charge on any atom is -0.479 e. The number of carboxylic acid groups (broad SMARTS) is 1. The van der Waals surface area contributed by atoms with Crippen LogP contribution in [0.5, 0.6) is 0 Å². The fourth-order valence-corrected chi connectivity index (χ4v) is 3.19. The maximum Gasteiger partial charge on any atom is 0.339 e. The Balaban J connectivity index is 2.71. The van der Waals surface area contributed by atoms with Crippen LogP contribution in [0.4, 0.5) is 0 Å². The molecule has 15 nitrogen and oxygen atoms in total. The van der Waals surface area contributed by atoms with Gasteiger partial charge in [-0.3, -0.25) is 10.2 Å². The summed E-state index contributed by atoms with van der Waals surface area (Å²) in [7, 11) is -0.772. The van der Waals surface area contributed by atoms with Crippen LogP contribution in [0.3, 0.4) is 0 Å². The standard InChI is InChI=1S/C17H26N7O8P/c1-6(20)2-7(3-18)32-33-17(16(28)29)30-5-9-12(25)13(26)15(31-9)24-14(27)11(23)10(22)8(21)4-19/h6-7,9,12-13,15,17,21,25-26,33H,2,5,20,22-23H2,1H3,(H,24,27)(H,28,29)/b11-10+,21-8?. The lowest BCUT2D eigenvalue weighted by molar-refractivity contribution is -0.148. The Morgan fingerprint density at radius 3 is 2.42 bits per heavy atom. The van der Waals surface area contributed by atoms with Gasteiger partial charge in [0.2, 0.25) is 0 Å². The molecule has 0 radical (unpaired) electrons. The molecular formula is C17H26N7O8P. The maximum atomic E-state index is 12.1. The number of aliphatic hydroxyl groups excluding tert-OH is 2. The number of allylic oxidation sites excluding steroid dienone is 1. The molecule has 1 saturated heterocycles. The number of rotatable bonds is 12. The van der Waals surface area contributed by atoms with Crippen molar-refractivity contribution >= 4 is 26.4 Å². The first kappa shape index (κ1) is 28.2. The first-order valence-corrected chi connectivity index (χ1v) is 10.4. The molecule has 0 aromatic rings. The smallest absolute Gasteiger partial charge is 0.339 e. The third-order valence-electron chi connectivity index (χ3n) is 4.25. The summed E-state index contributed by atoms with van der Waals surface area (Å²) in [5.41, 5.74) is 14.5. The molecule has 0 saturated carbocycles. The zero-order valence-electron chi connectivity index (χ0n) is 17.5. The molecule has 0 aromatic carbocycles. The number of carboxylic acids is 1. The number of nitrogens with one attached hydrogen (secondary N) is 2. The van der Waals surface area contributed by atoms with E-state index in [2.05, 4.69) is 5.32 Å². The molecule has 1 aliphatic heterocycles. The average Bonchev–Trinajstić information content (AvgIpc) is 3.03. The predicted octanol–water partition coefficient (Wildman–Crippen LogP) is -3.11. The topological polar surface area (TPSA) is 284 Å². The number of aliphatic hydroxyl groups is 2. The molecule has 0 bridgehead atoms. The molecule has 8 unspecified atom stereocenters. The van der Waals surface area contributed by atoms with Crippen molar-refractivity contribution in [3.05, 3.63) is 11.4 Å². The van der Waals surface area contributed by atoms with E-state index in [1.54, 1.807) is 6.92 Å². The highest BCUT2D eigenvalue weighted by Crippen LogP contribution is 2.27. The molecule has 16 heteroatoms. The lowest BCUT2D eigenvalue weighted by atomic mass is 10.1. The number of nitrogens with zero attached hydrogens (tertiary/aromatic N) is 2. The molecule has 1 heterocycles. The van der Waals surface area contributed by atoms with Gasteiger partial charge in [-0.05, 0) is 6.92 Å². The van der Waals surface area contributed by atoms with Crippen molar-refractivity contribution in [1.82, 2.24) is 5.32 Å². The van der Waals surface area contributed by atoms with Crippen molar-refractivity contribution in [2.75, 3.05) is 6.61 Å². The van der Waals surface area contributed by atoms with Crippen LogP contribution in [0.1, 0.15) is 13.3 Å². The van der Waals surface area contributed by atoms with E-state index in [4.69, 9.17) is 47.1 Å². The molecule has 0 aliphatic carbocycles. The number of hydrogen-bond donors (Lipinski definition) is 8. The minimum absolute atomic E-state index is 0.184. The van der Waals surface area contributed by atoms with Gasteiger partial charge in [-0.2, -0.15) is 10.5 Å². The van der Waals surface area contributed by atoms with Gasteiger partial charge in [-0.1, -0.05) is 0 Å². The number of hydrogen-bond acceptors (Lipinski definition) is 13. The second-order valence-electron chi connectivity index (χ2n) is 6.98. The number of amides is 1. The van der Waals surface area contributed by atoms with Crippen molar-refractivity contribution in [2.24, 2.45) is 17.2 Å². The Morgan fingerprint density at radius 1 is 1.27 bits per heavy atom. The molecule has 0 aromatic heterocycles. The van der Waals surface area contributed by atoms with Crippen LogP contribution in [0.15, 0.2) is 11.4 Å². The first-order chi connectivity index (χ1) is 15.4. The largest absolute Gasteiger partial charge is 0.479 e. The van der Waals surface area contributed by atoms with Crippen molar-refractivity contribution in [1.29, 1.82) is 15.9 Å². The summed E-state index contributed by atoms with van der Waals surface area (Å²) in [6.45, 7) is 1.15. The molecule has 1 rings (SSSR count). The number of carbonyl (C=O) groups is 2. The van der Waals surface area contributed by atoms with E-state index in [0.717, 1.165) is 0 Å². The maximum absolute atomic E-state index is 12.1. The van der Waals surface area contributed by atoms with Gasteiger partial charge in [-0.15, -0.1) is 0 Å². The highest BCUT2D eigenvalue weighted by atomic mass is 31.1. The minimum atomic E-state index is -1.64. The molecule has 1 fully saturated rings.